The Labute approximate surface area is 104 Å². The van der Waals surface area contributed by atoms with Crippen molar-refractivity contribution in [3.8, 4) is 0 Å². The smallest absolute Gasteiger partial charge is 0.299 e. The number of hydrogen-bond acceptors (Lipinski definition) is 2. The zero-order valence-corrected chi connectivity index (χ0v) is 11.1. The Kier molecular flexibility index (Phi) is 6.60. The molecule has 0 saturated heterocycles. The van der Waals surface area contributed by atoms with E-state index in [9.17, 15) is 4.79 Å². The van der Waals surface area contributed by atoms with Gasteiger partial charge in [-0.1, -0.05) is 39.5 Å². The molecule has 0 amide bonds. The van der Waals surface area contributed by atoms with Crippen molar-refractivity contribution < 1.29 is 0 Å². The molecule has 3 nitrogen and oxygen atoms in total. The number of hydrogen-bond donors (Lipinski definition) is 0. The highest BCUT2D eigenvalue weighted by Crippen LogP contribution is 2.02. The van der Waals surface area contributed by atoms with Crippen LogP contribution >= 0.6 is 0 Å². The Balaban J connectivity index is 2.50. The van der Waals surface area contributed by atoms with Crippen molar-refractivity contribution in [2.24, 2.45) is 0 Å². The summed E-state index contributed by atoms with van der Waals surface area (Å²) >= 11 is 0. The minimum Gasteiger partial charge on any atom is -0.299 e. The monoisotopic (exact) mass is 236 g/mol. The van der Waals surface area contributed by atoms with Crippen LogP contribution < -0.4 is 5.69 Å². The predicted molar refractivity (Wildman–Crippen MR) is 71.3 cm³/mol. The molecular formula is C14H24N2O. The molecule has 0 aliphatic heterocycles. The Bertz CT molecular complexity index is 371. The summed E-state index contributed by atoms with van der Waals surface area (Å²) in [6.45, 7) is 5.14. The molecule has 0 fully saturated rings. The summed E-state index contributed by atoms with van der Waals surface area (Å²) in [5.41, 5.74) is 0.852. The fraction of sp³-hybridized carbons (Fsp3) is 0.714. The molecule has 0 aliphatic rings. The van der Waals surface area contributed by atoms with Crippen LogP contribution in [0.3, 0.4) is 0 Å². The second kappa shape index (κ2) is 8.04. The van der Waals surface area contributed by atoms with E-state index in [2.05, 4.69) is 18.8 Å². The van der Waals surface area contributed by atoms with Gasteiger partial charge >= 0.3 is 5.69 Å². The molecule has 1 rings (SSSR count). The van der Waals surface area contributed by atoms with Crippen LogP contribution in [0, 0.1) is 0 Å². The second-order valence-electron chi connectivity index (χ2n) is 4.56. The molecule has 1 aromatic heterocycles. The Morgan fingerprint density at radius 3 is 2.47 bits per heavy atom. The van der Waals surface area contributed by atoms with Gasteiger partial charge in [0, 0.05) is 18.4 Å². The summed E-state index contributed by atoms with van der Waals surface area (Å²) in [5.74, 6) is 0. The van der Waals surface area contributed by atoms with E-state index in [-0.39, 0.29) is 5.69 Å². The minimum absolute atomic E-state index is 0.0879. The van der Waals surface area contributed by atoms with E-state index in [1.165, 1.54) is 25.7 Å². The molecule has 96 valence electrons. The number of unbranched alkanes of at least 4 members (excludes halogenated alkanes) is 4. The number of aryl methyl sites for hydroxylation is 2. The highest BCUT2D eigenvalue weighted by atomic mass is 16.1. The molecular weight excluding hydrogens is 212 g/mol. The first-order valence-corrected chi connectivity index (χ1v) is 6.84. The van der Waals surface area contributed by atoms with Crippen LogP contribution in [0.4, 0.5) is 0 Å². The lowest BCUT2D eigenvalue weighted by Crippen LogP contribution is -2.23. The van der Waals surface area contributed by atoms with Crippen molar-refractivity contribution in [3.63, 3.8) is 0 Å². The number of nitrogens with zero attached hydrogens (tertiary/aromatic N) is 2. The van der Waals surface area contributed by atoms with Gasteiger partial charge in [0.2, 0.25) is 0 Å². The summed E-state index contributed by atoms with van der Waals surface area (Å²) in [4.78, 5) is 15.8. The topological polar surface area (TPSA) is 34.9 Å². The Hall–Kier alpha value is -1.12. The van der Waals surface area contributed by atoms with Crippen LogP contribution in [-0.4, -0.2) is 9.55 Å². The third kappa shape index (κ3) is 5.16. The van der Waals surface area contributed by atoms with E-state index in [4.69, 9.17) is 0 Å². The summed E-state index contributed by atoms with van der Waals surface area (Å²) in [6, 6.07) is 1.99. The summed E-state index contributed by atoms with van der Waals surface area (Å²) < 4.78 is 1.72. The van der Waals surface area contributed by atoms with E-state index >= 15 is 0 Å². The third-order valence-corrected chi connectivity index (χ3v) is 2.97. The van der Waals surface area contributed by atoms with E-state index in [0.717, 1.165) is 31.5 Å². The fourth-order valence-electron chi connectivity index (χ4n) is 1.86. The van der Waals surface area contributed by atoms with Crippen molar-refractivity contribution in [1.82, 2.24) is 9.55 Å². The quantitative estimate of drug-likeness (QED) is 0.650. The minimum atomic E-state index is -0.0879. The maximum Gasteiger partial charge on any atom is 0.347 e. The van der Waals surface area contributed by atoms with Gasteiger partial charge in [0.05, 0.1) is 0 Å². The van der Waals surface area contributed by atoms with Crippen molar-refractivity contribution in [2.75, 3.05) is 0 Å². The zero-order chi connectivity index (χ0) is 12.5. The summed E-state index contributed by atoms with van der Waals surface area (Å²) in [7, 11) is 0. The lowest BCUT2D eigenvalue weighted by Gasteiger charge is -2.05. The molecule has 0 N–H and O–H groups in total. The van der Waals surface area contributed by atoms with Gasteiger partial charge in [-0.25, -0.2) is 4.79 Å². The first-order valence-electron chi connectivity index (χ1n) is 6.84. The van der Waals surface area contributed by atoms with Gasteiger partial charge in [-0.15, -0.1) is 0 Å². The van der Waals surface area contributed by atoms with Crippen LogP contribution in [0.1, 0.15) is 58.1 Å². The van der Waals surface area contributed by atoms with Crippen LogP contribution in [0.15, 0.2) is 17.1 Å². The maximum atomic E-state index is 11.7. The largest absolute Gasteiger partial charge is 0.347 e. The van der Waals surface area contributed by atoms with Gasteiger partial charge in [-0.05, 0) is 25.3 Å². The summed E-state index contributed by atoms with van der Waals surface area (Å²) in [6.07, 6.45) is 9.78. The van der Waals surface area contributed by atoms with Crippen LogP contribution in [-0.2, 0) is 13.0 Å². The van der Waals surface area contributed by atoms with Gasteiger partial charge in [0.15, 0.2) is 0 Å². The zero-order valence-electron chi connectivity index (χ0n) is 11.1. The normalized spacial score (nSPS) is 10.7. The Morgan fingerprint density at radius 1 is 1.12 bits per heavy atom. The lowest BCUT2D eigenvalue weighted by molar-refractivity contribution is 0.571. The van der Waals surface area contributed by atoms with Gasteiger partial charge in [-0.3, -0.25) is 4.57 Å². The molecule has 0 saturated carbocycles. The van der Waals surface area contributed by atoms with Crippen molar-refractivity contribution in [1.29, 1.82) is 0 Å². The molecule has 0 unspecified atom stereocenters. The van der Waals surface area contributed by atoms with Crippen molar-refractivity contribution >= 4 is 0 Å². The van der Waals surface area contributed by atoms with Crippen LogP contribution in [0.25, 0.3) is 0 Å². The molecule has 0 radical (unpaired) electrons. The highest BCUT2D eigenvalue weighted by Gasteiger charge is 2.00. The molecule has 1 heterocycles. The molecule has 0 spiro atoms. The van der Waals surface area contributed by atoms with E-state index in [1.807, 2.05) is 12.3 Å². The molecule has 0 aliphatic carbocycles. The lowest BCUT2D eigenvalue weighted by atomic mass is 10.1. The fourth-order valence-corrected chi connectivity index (χ4v) is 1.86. The molecule has 0 aromatic carbocycles. The second-order valence-corrected chi connectivity index (χ2v) is 4.56. The highest BCUT2D eigenvalue weighted by molar-refractivity contribution is 4.99. The molecule has 17 heavy (non-hydrogen) atoms. The third-order valence-electron chi connectivity index (χ3n) is 2.97. The van der Waals surface area contributed by atoms with E-state index in [0.29, 0.717) is 0 Å². The molecule has 3 heteroatoms. The number of rotatable bonds is 8. The molecule has 0 atom stereocenters. The standard InChI is InChI=1S/C14H24N2O/c1-3-5-7-9-13-10-12-16(14(17)15-13)11-8-6-4-2/h10,12H,3-9,11H2,1-2H3. The molecule has 1 aromatic rings. The number of aromatic nitrogens is 2. The van der Waals surface area contributed by atoms with Gasteiger partial charge in [0.1, 0.15) is 0 Å². The summed E-state index contributed by atoms with van der Waals surface area (Å²) in [5, 5.41) is 0. The van der Waals surface area contributed by atoms with Crippen LogP contribution in [0.5, 0.6) is 0 Å². The average Bonchev–Trinajstić information content (AvgIpc) is 2.32. The molecule has 0 bridgehead atoms. The maximum absolute atomic E-state index is 11.7. The van der Waals surface area contributed by atoms with Gasteiger partial charge in [0.25, 0.3) is 0 Å². The first kappa shape index (κ1) is 13.9. The first-order chi connectivity index (χ1) is 8.27. The van der Waals surface area contributed by atoms with Gasteiger partial charge < -0.3 is 0 Å². The van der Waals surface area contributed by atoms with E-state index in [1.54, 1.807) is 4.57 Å². The predicted octanol–water partition coefficient (Wildman–Crippen LogP) is 3.17. The van der Waals surface area contributed by atoms with Gasteiger partial charge in [-0.2, -0.15) is 4.98 Å². The SMILES string of the molecule is CCCCCc1ccn(CCCCC)c(=O)n1. The average molecular weight is 236 g/mol. The van der Waals surface area contributed by atoms with Crippen molar-refractivity contribution in [3.05, 3.63) is 28.4 Å². The Morgan fingerprint density at radius 2 is 1.82 bits per heavy atom. The van der Waals surface area contributed by atoms with Crippen molar-refractivity contribution in [2.45, 2.75) is 65.3 Å². The van der Waals surface area contributed by atoms with E-state index < -0.39 is 0 Å². The van der Waals surface area contributed by atoms with Crippen LogP contribution in [0.2, 0.25) is 0 Å².